The van der Waals surface area contributed by atoms with Crippen molar-refractivity contribution in [2.45, 2.75) is 19.4 Å². The number of nitrogens with two attached hydrogens (primary N) is 1. The van der Waals surface area contributed by atoms with Crippen LogP contribution in [-0.2, 0) is 0 Å². The molecule has 108 valence electrons. The summed E-state index contributed by atoms with van der Waals surface area (Å²) in [5, 5.41) is 0. The fourth-order valence-corrected chi connectivity index (χ4v) is 3.23. The molecule has 2 heterocycles. The first-order valence-corrected chi connectivity index (χ1v) is 7.75. The molecule has 4 nitrogen and oxygen atoms in total. The molecule has 1 amide bonds. The maximum atomic E-state index is 12.5. The van der Waals surface area contributed by atoms with Crippen molar-refractivity contribution in [3.05, 3.63) is 21.9 Å². The lowest BCUT2D eigenvalue weighted by molar-refractivity contribution is 0.0546. The van der Waals surface area contributed by atoms with Crippen molar-refractivity contribution in [3.63, 3.8) is 0 Å². The summed E-state index contributed by atoms with van der Waals surface area (Å²) in [5.74, 6) is 5.92. The standard InChI is InChI=1S/C15H21N3OS/c1-3-12-11-18(10-9-17(12)2)15(19)14-7-6-13(20-14)5-4-8-16/h6-7,12H,3,8-11,16H2,1-2H3. The van der Waals surface area contributed by atoms with E-state index in [0.29, 0.717) is 12.6 Å². The number of thiophene rings is 1. The van der Waals surface area contributed by atoms with E-state index in [0.717, 1.165) is 35.8 Å². The summed E-state index contributed by atoms with van der Waals surface area (Å²) >= 11 is 1.45. The molecule has 1 atom stereocenters. The third kappa shape index (κ3) is 3.40. The second kappa shape index (κ2) is 6.89. The molecule has 1 saturated heterocycles. The van der Waals surface area contributed by atoms with Crippen molar-refractivity contribution in [2.24, 2.45) is 5.73 Å². The van der Waals surface area contributed by atoms with Crippen LogP contribution in [0.25, 0.3) is 0 Å². The van der Waals surface area contributed by atoms with Gasteiger partial charge in [-0.25, -0.2) is 0 Å². The SMILES string of the molecule is CCC1CN(C(=O)c2ccc(C#CCN)s2)CCN1C. The second-order valence-electron chi connectivity index (χ2n) is 4.96. The largest absolute Gasteiger partial charge is 0.335 e. The zero-order chi connectivity index (χ0) is 14.5. The zero-order valence-corrected chi connectivity index (χ0v) is 12.9. The molecule has 0 spiro atoms. The van der Waals surface area contributed by atoms with E-state index in [9.17, 15) is 4.79 Å². The van der Waals surface area contributed by atoms with Crippen LogP contribution in [0.5, 0.6) is 0 Å². The van der Waals surface area contributed by atoms with Crippen LogP contribution >= 0.6 is 11.3 Å². The summed E-state index contributed by atoms with van der Waals surface area (Å²) in [6.07, 6.45) is 1.07. The molecule has 0 bridgehead atoms. The zero-order valence-electron chi connectivity index (χ0n) is 12.1. The Morgan fingerprint density at radius 1 is 1.50 bits per heavy atom. The van der Waals surface area contributed by atoms with Gasteiger partial charge in [0.25, 0.3) is 5.91 Å². The van der Waals surface area contributed by atoms with Gasteiger partial charge in [0, 0.05) is 25.7 Å². The molecule has 1 aromatic heterocycles. The number of rotatable bonds is 2. The van der Waals surface area contributed by atoms with Crippen molar-refractivity contribution in [2.75, 3.05) is 33.2 Å². The first-order valence-electron chi connectivity index (χ1n) is 6.94. The number of piperazine rings is 1. The average Bonchev–Trinajstić information content (AvgIpc) is 2.93. The molecule has 2 N–H and O–H groups in total. The van der Waals surface area contributed by atoms with Crippen LogP contribution in [0.15, 0.2) is 12.1 Å². The molecule has 1 aliphatic rings. The molecule has 1 unspecified atom stereocenters. The van der Waals surface area contributed by atoms with Crippen molar-refractivity contribution in [1.82, 2.24) is 9.80 Å². The lowest BCUT2D eigenvalue weighted by atomic mass is 10.1. The van der Waals surface area contributed by atoms with E-state index in [1.54, 1.807) is 0 Å². The number of nitrogens with zero attached hydrogens (tertiary/aromatic N) is 2. The molecule has 20 heavy (non-hydrogen) atoms. The minimum absolute atomic E-state index is 0.127. The van der Waals surface area contributed by atoms with Gasteiger partial charge < -0.3 is 10.6 Å². The van der Waals surface area contributed by atoms with Crippen molar-refractivity contribution in [1.29, 1.82) is 0 Å². The Bertz CT molecular complexity index is 529. The molecule has 0 radical (unpaired) electrons. The Kier molecular flexibility index (Phi) is 5.18. The van der Waals surface area contributed by atoms with E-state index in [4.69, 9.17) is 5.73 Å². The van der Waals surface area contributed by atoms with Crippen molar-refractivity contribution < 1.29 is 4.79 Å². The number of hydrogen-bond acceptors (Lipinski definition) is 4. The van der Waals surface area contributed by atoms with Gasteiger partial charge in [0.2, 0.25) is 0 Å². The quantitative estimate of drug-likeness (QED) is 0.834. The monoisotopic (exact) mass is 291 g/mol. The molecule has 5 heteroatoms. The highest BCUT2D eigenvalue weighted by molar-refractivity contribution is 7.14. The summed E-state index contributed by atoms with van der Waals surface area (Å²) in [4.78, 5) is 18.5. The Labute approximate surface area is 124 Å². The number of amides is 1. The smallest absolute Gasteiger partial charge is 0.264 e. The minimum atomic E-state index is 0.127. The summed E-state index contributed by atoms with van der Waals surface area (Å²) in [5.41, 5.74) is 5.35. The summed E-state index contributed by atoms with van der Waals surface area (Å²) in [7, 11) is 2.13. The maximum Gasteiger partial charge on any atom is 0.264 e. The van der Waals surface area contributed by atoms with E-state index in [2.05, 4.69) is 30.7 Å². The van der Waals surface area contributed by atoms with E-state index in [1.807, 2.05) is 17.0 Å². The van der Waals surface area contributed by atoms with Crippen LogP contribution in [0.2, 0.25) is 0 Å². The first-order chi connectivity index (χ1) is 9.65. The maximum absolute atomic E-state index is 12.5. The topological polar surface area (TPSA) is 49.6 Å². The Hall–Kier alpha value is -1.35. The first kappa shape index (κ1) is 15.0. The van der Waals surface area contributed by atoms with Crippen LogP contribution in [0, 0.1) is 11.8 Å². The normalized spacial score (nSPS) is 19.6. The van der Waals surface area contributed by atoms with Gasteiger partial charge in [-0.2, -0.15) is 0 Å². The van der Waals surface area contributed by atoms with Gasteiger partial charge in [-0.1, -0.05) is 18.8 Å². The summed E-state index contributed by atoms with van der Waals surface area (Å²) in [6.45, 7) is 5.06. The molecule has 1 aliphatic heterocycles. The fraction of sp³-hybridized carbons (Fsp3) is 0.533. The molecular formula is C15H21N3OS. The number of carbonyl (C=O) groups excluding carboxylic acids is 1. The highest BCUT2D eigenvalue weighted by Crippen LogP contribution is 2.20. The van der Waals surface area contributed by atoms with E-state index in [1.165, 1.54) is 11.3 Å². The fourth-order valence-electron chi connectivity index (χ4n) is 2.39. The average molecular weight is 291 g/mol. The molecule has 1 aromatic rings. The highest BCUT2D eigenvalue weighted by Gasteiger charge is 2.27. The van der Waals surface area contributed by atoms with Gasteiger partial charge in [-0.15, -0.1) is 11.3 Å². The predicted octanol–water partition coefficient (Wildman–Crippen LogP) is 1.22. The van der Waals surface area contributed by atoms with Crippen LogP contribution in [0.3, 0.4) is 0 Å². The van der Waals surface area contributed by atoms with Crippen LogP contribution in [0.4, 0.5) is 0 Å². The predicted molar refractivity (Wildman–Crippen MR) is 82.9 cm³/mol. The third-order valence-corrected chi connectivity index (χ3v) is 4.65. The van der Waals surface area contributed by atoms with Gasteiger partial charge in [0.1, 0.15) is 0 Å². The molecule has 0 aliphatic carbocycles. The summed E-state index contributed by atoms with van der Waals surface area (Å²) in [6, 6.07) is 4.23. The number of likely N-dealkylation sites (N-methyl/N-ethyl adjacent to an activating group) is 1. The third-order valence-electron chi connectivity index (χ3n) is 3.67. The van der Waals surface area contributed by atoms with E-state index >= 15 is 0 Å². The molecular weight excluding hydrogens is 270 g/mol. The van der Waals surface area contributed by atoms with Gasteiger partial charge >= 0.3 is 0 Å². The molecule has 0 saturated carbocycles. The van der Waals surface area contributed by atoms with Crippen molar-refractivity contribution >= 4 is 17.2 Å². The van der Waals surface area contributed by atoms with Crippen molar-refractivity contribution in [3.8, 4) is 11.8 Å². The van der Waals surface area contributed by atoms with Gasteiger partial charge in [0.15, 0.2) is 0 Å². The van der Waals surface area contributed by atoms with Gasteiger partial charge in [0.05, 0.1) is 16.3 Å². The molecule has 0 aromatic carbocycles. The van der Waals surface area contributed by atoms with Crippen LogP contribution < -0.4 is 5.73 Å². The number of hydrogen-bond donors (Lipinski definition) is 1. The lowest BCUT2D eigenvalue weighted by Crippen LogP contribution is -2.52. The second-order valence-corrected chi connectivity index (χ2v) is 6.05. The van der Waals surface area contributed by atoms with E-state index in [-0.39, 0.29) is 5.91 Å². The number of carbonyl (C=O) groups is 1. The summed E-state index contributed by atoms with van der Waals surface area (Å²) < 4.78 is 0. The Morgan fingerprint density at radius 3 is 3.00 bits per heavy atom. The Balaban J connectivity index is 2.05. The van der Waals surface area contributed by atoms with E-state index < -0.39 is 0 Å². The van der Waals surface area contributed by atoms with Crippen LogP contribution in [0.1, 0.15) is 27.9 Å². The lowest BCUT2D eigenvalue weighted by Gasteiger charge is -2.38. The van der Waals surface area contributed by atoms with Crippen LogP contribution in [-0.4, -0.2) is 55.0 Å². The van der Waals surface area contributed by atoms with Gasteiger partial charge in [-0.05, 0) is 25.6 Å². The highest BCUT2D eigenvalue weighted by atomic mass is 32.1. The molecule has 1 fully saturated rings. The van der Waals surface area contributed by atoms with Gasteiger partial charge in [-0.3, -0.25) is 9.69 Å². The minimum Gasteiger partial charge on any atom is -0.335 e. The molecule has 2 rings (SSSR count). The Morgan fingerprint density at radius 2 is 2.30 bits per heavy atom.